The highest BCUT2D eigenvalue weighted by Gasteiger charge is 2.26. The van der Waals surface area contributed by atoms with E-state index in [4.69, 9.17) is 11.6 Å². The summed E-state index contributed by atoms with van der Waals surface area (Å²) in [7, 11) is -2.37. The first-order chi connectivity index (χ1) is 12.9. The number of hydrogen-bond donors (Lipinski definition) is 1. The molecule has 1 amide bonds. The van der Waals surface area contributed by atoms with Gasteiger partial charge in [0.2, 0.25) is 0 Å². The minimum atomic E-state index is -3.80. The lowest BCUT2D eigenvalue weighted by Gasteiger charge is -2.19. The number of thiophene rings is 1. The van der Waals surface area contributed by atoms with Crippen LogP contribution in [0.2, 0.25) is 5.02 Å². The minimum Gasteiger partial charge on any atom is -0.347 e. The molecule has 0 unspecified atom stereocenters. The Hall–Kier alpha value is -2.35. The molecule has 140 valence electrons. The van der Waals surface area contributed by atoms with Crippen molar-refractivity contribution < 1.29 is 13.2 Å². The summed E-state index contributed by atoms with van der Waals surface area (Å²) in [6.07, 6.45) is 0. The monoisotopic (exact) mass is 420 g/mol. The number of nitrogens with one attached hydrogen (secondary N) is 1. The molecule has 0 aliphatic carbocycles. The SMILES string of the molecule is CN(c1ccsc1C(=O)NCc1ccccc1)S(=O)(=O)c1ccc(Cl)cc1. The van der Waals surface area contributed by atoms with E-state index in [1.54, 1.807) is 11.4 Å². The van der Waals surface area contributed by atoms with Gasteiger partial charge in [-0.1, -0.05) is 41.9 Å². The number of rotatable bonds is 6. The predicted octanol–water partition coefficient (Wildman–Crippen LogP) is 4.16. The average Bonchev–Trinajstić information content (AvgIpc) is 3.16. The average molecular weight is 421 g/mol. The van der Waals surface area contributed by atoms with Gasteiger partial charge in [-0.15, -0.1) is 11.3 Å². The molecule has 0 bridgehead atoms. The number of nitrogens with zero attached hydrogens (tertiary/aromatic N) is 1. The summed E-state index contributed by atoms with van der Waals surface area (Å²) in [5, 5.41) is 4.97. The number of sulfonamides is 1. The van der Waals surface area contributed by atoms with Crippen LogP contribution in [-0.2, 0) is 16.6 Å². The zero-order valence-corrected chi connectivity index (χ0v) is 16.8. The van der Waals surface area contributed by atoms with Gasteiger partial charge < -0.3 is 5.32 Å². The highest BCUT2D eigenvalue weighted by molar-refractivity contribution is 7.92. The van der Waals surface area contributed by atoms with Crippen molar-refractivity contribution in [2.24, 2.45) is 0 Å². The Morgan fingerprint density at radius 3 is 2.41 bits per heavy atom. The van der Waals surface area contributed by atoms with E-state index >= 15 is 0 Å². The van der Waals surface area contributed by atoms with Crippen LogP contribution in [0.1, 0.15) is 15.2 Å². The van der Waals surface area contributed by atoms with Crippen molar-refractivity contribution in [1.82, 2.24) is 5.32 Å². The molecule has 27 heavy (non-hydrogen) atoms. The fourth-order valence-corrected chi connectivity index (χ4v) is 4.70. The van der Waals surface area contributed by atoms with Crippen LogP contribution in [0.5, 0.6) is 0 Å². The van der Waals surface area contributed by atoms with Crippen molar-refractivity contribution in [1.29, 1.82) is 0 Å². The molecule has 0 atom stereocenters. The minimum absolute atomic E-state index is 0.108. The molecule has 0 fully saturated rings. The Labute approximate surface area is 167 Å². The number of hydrogen-bond acceptors (Lipinski definition) is 4. The maximum absolute atomic E-state index is 12.9. The second-order valence-electron chi connectivity index (χ2n) is 5.73. The van der Waals surface area contributed by atoms with Gasteiger partial charge in [-0.05, 0) is 41.3 Å². The molecular formula is C19H17ClN2O3S2. The van der Waals surface area contributed by atoms with Crippen LogP contribution in [0.15, 0.2) is 70.9 Å². The molecule has 3 aromatic rings. The Morgan fingerprint density at radius 1 is 1.07 bits per heavy atom. The van der Waals surface area contributed by atoms with Gasteiger partial charge in [0, 0.05) is 18.6 Å². The smallest absolute Gasteiger partial charge is 0.264 e. The van der Waals surface area contributed by atoms with Crippen LogP contribution in [0.25, 0.3) is 0 Å². The Morgan fingerprint density at radius 2 is 1.74 bits per heavy atom. The summed E-state index contributed by atoms with van der Waals surface area (Å²) in [6, 6.07) is 17.0. The maximum Gasteiger partial charge on any atom is 0.264 e. The van der Waals surface area contributed by atoms with Gasteiger partial charge >= 0.3 is 0 Å². The van der Waals surface area contributed by atoms with Crippen molar-refractivity contribution in [3.8, 4) is 0 Å². The van der Waals surface area contributed by atoms with E-state index in [1.807, 2.05) is 30.3 Å². The highest BCUT2D eigenvalue weighted by atomic mass is 35.5. The number of carbonyl (C=O) groups is 1. The third-order valence-corrected chi connectivity index (χ3v) is 6.90. The first-order valence-electron chi connectivity index (χ1n) is 8.03. The molecule has 0 spiro atoms. The quantitative estimate of drug-likeness (QED) is 0.651. The van der Waals surface area contributed by atoms with E-state index in [0.717, 1.165) is 9.87 Å². The number of carbonyl (C=O) groups excluding carboxylic acids is 1. The van der Waals surface area contributed by atoms with E-state index in [0.29, 0.717) is 22.1 Å². The Bertz CT molecular complexity index is 1030. The van der Waals surface area contributed by atoms with E-state index in [1.165, 1.54) is 42.6 Å². The standard InChI is InChI=1S/C19H17ClN2O3S2/c1-22(27(24,25)16-9-7-15(20)8-10-16)17-11-12-26-18(17)19(23)21-13-14-5-3-2-4-6-14/h2-12H,13H2,1H3,(H,21,23). The fraction of sp³-hybridized carbons (Fsp3) is 0.105. The van der Waals surface area contributed by atoms with Crippen LogP contribution < -0.4 is 9.62 Å². The van der Waals surface area contributed by atoms with E-state index < -0.39 is 10.0 Å². The molecule has 8 heteroatoms. The predicted molar refractivity (Wildman–Crippen MR) is 109 cm³/mol. The molecule has 5 nitrogen and oxygen atoms in total. The van der Waals surface area contributed by atoms with E-state index in [2.05, 4.69) is 5.32 Å². The van der Waals surface area contributed by atoms with Crippen molar-refractivity contribution in [3.63, 3.8) is 0 Å². The molecule has 0 saturated carbocycles. The van der Waals surface area contributed by atoms with Crippen molar-refractivity contribution in [2.45, 2.75) is 11.4 Å². The van der Waals surface area contributed by atoms with Crippen molar-refractivity contribution in [2.75, 3.05) is 11.4 Å². The molecule has 0 saturated heterocycles. The lowest BCUT2D eigenvalue weighted by molar-refractivity contribution is 0.0955. The third kappa shape index (κ3) is 4.32. The summed E-state index contributed by atoms with van der Waals surface area (Å²) < 4.78 is 26.8. The van der Waals surface area contributed by atoms with Gasteiger partial charge in [0.1, 0.15) is 4.88 Å². The van der Waals surface area contributed by atoms with E-state index in [-0.39, 0.29) is 10.8 Å². The first kappa shape index (κ1) is 19.4. The Kier molecular flexibility index (Phi) is 5.84. The molecule has 2 aromatic carbocycles. The fourth-order valence-electron chi connectivity index (χ4n) is 2.47. The van der Waals surface area contributed by atoms with Crippen molar-refractivity contribution >= 4 is 44.6 Å². The molecular weight excluding hydrogens is 404 g/mol. The number of amides is 1. The van der Waals surface area contributed by atoms with Crippen LogP contribution in [-0.4, -0.2) is 21.4 Å². The van der Waals surface area contributed by atoms with Gasteiger partial charge in [-0.25, -0.2) is 8.42 Å². The molecule has 1 aromatic heterocycles. The Balaban J connectivity index is 1.81. The zero-order chi connectivity index (χ0) is 19.4. The van der Waals surface area contributed by atoms with Gasteiger partial charge in [0.05, 0.1) is 10.6 Å². The van der Waals surface area contributed by atoms with Gasteiger partial charge in [-0.2, -0.15) is 0 Å². The lowest BCUT2D eigenvalue weighted by atomic mass is 10.2. The third-order valence-electron chi connectivity index (χ3n) is 3.96. The number of anilines is 1. The molecule has 0 aliphatic rings. The topological polar surface area (TPSA) is 66.5 Å². The van der Waals surface area contributed by atoms with Gasteiger partial charge in [-0.3, -0.25) is 9.10 Å². The zero-order valence-electron chi connectivity index (χ0n) is 14.4. The maximum atomic E-state index is 12.9. The largest absolute Gasteiger partial charge is 0.347 e. The van der Waals surface area contributed by atoms with Crippen LogP contribution >= 0.6 is 22.9 Å². The summed E-state index contributed by atoms with van der Waals surface area (Å²) in [5.74, 6) is -0.318. The highest BCUT2D eigenvalue weighted by Crippen LogP contribution is 2.30. The second-order valence-corrected chi connectivity index (χ2v) is 9.05. The summed E-state index contributed by atoms with van der Waals surface area (Å²) in [5.41, 5.74) is 1.30. The summed E-state index contributed by atoms with van der Waals surface area (Å²) >= 11 is 7.03. The van der Waals surface area contributed by atoms with Crippen LogP contribution in [0.4, 0.5) is 5.69 Å². The number of benzene rings is 2. The van der Waals surface area contributed by atoms with Gasteiger partial charge in [0.15, 0.2) is 0 Å². The molecule has 3 rings (SSSR count). The lowest BCUT2D eigenvalue weighted by Crippen LogP contribution is -2.29. The van der Waals surface area contributed by atoms with Crippen LogP contribution in [0, 0.1) is 0 Å². The second kappa shape index (κ2) is 8.12. The summed E-state index contributed by atoms with van der Waals surface area (Å²) in [6.45, 7) is 0.366. The van der Waals surface area contributed by atoms with Gasteiger partial charge in [0.25, 0.3) is 15.9 Å². The molecule has 1 heterocycles. The normalized spacial score (nSPS) is 11.2. The van der Waals surface area contributed by atoms with Crippen molar-refractivity contribution in [3.05, 3.63) is 81.5 Å². The number of halogens is 1. The summed E-state index contributed by atoms with van der Waals surface area (Å²) in [4.78, 5) is 13.0. The van der Waals surface area contributed by atoms with E-state index in [9.17, 15) is 13.2 Å². The van der Waals surface area contributed by atoms with Crippen LogP contribution in [0.3, 0.4) is 0 Å². The molecule has 1 N–H and O–H groups in total. The molecule has 0 aliphatic heterocycles. The molecule has 0 radical (unpaired) electrons. The first-order valence-corrected chi connectivity index (χ1v) is 10.7.